The number of benzene rings is 1. The van der Waals surface area contributed by atoms with E-state index in [0.717, 1.165) is 42.7 Å². The summed E-state index contributed by atoms with van der Waals surface area (Å²) in [5, 5.41) is 0.751. The van der Waals surface area contributed by atoms with Gasteiger partial charge in [-0.3, -0.25) is 14.6 Å². The van der Waals surface area contributed by atoms with Crippen molar-refractivity contribution >= 4 is 28.9 Å². The Labute approximate surface area is 157 Å². The molecule has 1 saturated heterocycles. The van der Waals surface area contributed by atoms with Crippen molar-refractivity contribution in [1.82, 2.24) is 14.7 Å². The van der Waals surface area contributed by atoms with Gasteiger partial charge in [0, 0.05) is 26.2 Å². The predicted octanol–water partition coefficient (Wildman–Crippen LogP) is 1.52. The number of likely N-dealkylation sites (N-methyl/N-ethyl adjacent to an activating group) is 1. The molecule has 1 amide bonds. The van der Waals surface area contributed by atoms with Gasteiger partial charge in [0.15, 0.2) is 16.7 Å². The van der Waals surface area contributed by atoms with Crippen LogP contribution in [0.5, 0.6) is 11.5 Å². The van der Waals surface area contributed by atoms with Crippen LogP contribution in [0, 0.1) is 0 Å². The first-order valence-corrected chi connectivity index (χ1v) is 9.83. The van der Waals surface area contributed by atoms with Gasteiger partial charge in [0.05, 0.1) is 6.67 Å². The monoisotopic (exact) mass is 374 g/mol. The molecule has 3 aliphatic heterocycles. The summed E-state index contributed by atoms with van der Waals surface area (Å²) < 4.78 is 10.7. The molecule has 0 atom stereocenters. The van der Waals surface area contributed by atoms with E-state index in [0.29, 0.717) is 18.1 Å². The Morgan fingerprint density at radius 2 is 1.96 bits per heavy atom. The van der Waals surface area contributed by atoms with Crippen LogP contribution in [0.2, 0.25) is 0 Å². The number of carbonyl (C=O) groups is 1. The van der Waals surface area contributed by atoms with E-state index in [1.165, 1.54) is 11.8 Å². The lowest BCUT2D eigenvalue weighted by Crippen LogP contribution is -2.50. The highest BCUT2D eigenvalue weighted by Crippen LogP contribution is 2.33. The zero-order valence-corrected chi connectivity index (χ0v) is 15.8. The maximum absolute atomic E-state index is 12.9. The number of rotatable bonds is 3. The van der Waals surface area contributed by atoms with Crippen molar-refractivity contribution in [1.29, 1.82) is 0 Å². The number of piperazine rings is 1. The summed E-state index contributed by atoms with van der Waals surface area (Å²) in [5.41, 5.74) is 1.34. The molecule has 7 nitrogen and oxygen atoms in total. The maximum atomic E-state index is 12.9. The van der Waals surface area contributed by atoms with Crippen LogP contribution in [0.25, 0.3) is 6.08 Å². The lowest BCUT2D eigenvalue weighted by atomic mass is 10.1. The Hall–Kier alpha value is -2.03. The average Bonchev–Trinajstić information content (AvgIpc) is 3.22. The van der Waals surface area contributed by atoms with Crippen LogP contribution < -0.4 is 9.47 Å². The minimum Gasteiger partial charge on any atom is -0.454 e. The standard InChI is InChI=1S/C18H22N4O3S/c1-20-5-7-21(8-6-20)11-22-17(23)14(19-18(22)26-2)9-13-3-4-15-16(10-13)25-12-24-15/h3-4,9-10H,5-8,11-12H2,1-2H3/b14-9-. The molecule has 0 spiro atoms. The fourth-order valence-corrected chi connectivity index (χ4v) is 3.71. The van der Waals surface area contributed by atoms with Crippen molar-refractivity contribution in [2.45, 2.75) is 0 Å². The fourth-order valence-electron chi connectivity index (χ4n) is 3.16. The number of fused-ring (bicyclic) bond motifs is 1. The fraction of sp³-hybridized carbons (Fsp3) is 0.444. The molecule has 3 heterocycles. The van der Waals surface area contributed by atoms with Crippen LogP contribution in [0.1, 0.15) is 5.56 Å². The van der Waals surface area contributed by atoms with Crippen molar-refractivity contribution in [3.8, 4) is 11.5 Å². The summed E-state index contributed by atoms with van der Waals surface area (Å²) in [6.45, 7) is 4.79. The van der Waals surface area contributed by atoms with Crippen molar-refractivity contribution < 1.29 is 14.3 Å². The SMILES string of the molecule is CSC1=N/C(=C\c2ccc3c(c2)OCO3)C(=O)N1CN1CCN(C)CC1. The minimum atomic E-state index is -0.0501. The van der Waals surface area contributed by atoms with Crippen LogP contribution in [-0.2, 0) is 4.79 Å². The van der Waals surface area contributed by atoms with Crippen LogP contribution in [0.4, 0.5) is 0 Å². The molecular formula is C18H22N4O3S. The highest BCUT2D eigenvalue weighted by molar-refractivity contribution is 8.13. The summed E-state index contributed by atoms with van der Waals surface area (Å²) in [5.74, 6) is 1.38. The first-order chi connectivity index (χ1) is 12.6. The molecule has 4 rings (SSSR count). The van der Waals surface area contributed by atoms with Crippen molar-refractivity contribution in [3.05, 3.63) is 29.5 Å². The predicted molar refractivity (Wildman–Crippen MR) is 102 cm³/mol. The number of hydrogen-bond acceptors (Lipinski definition) is 7. The number of amides is 1. The molecule has 0 saturated carbocycles. The maximum Gasteiger partial charge on any atom is 0.279 e. The van der Waals surface area contributed by atoms with Gasteiger partial charge in [0.2, 0.25) is 6.79 Å². The lowest BCUT2D eigenvalue weighted by Gasteiger charge is -2.34. The molecule has 26 heavy (non-hydrogen) atoms. The lowest BCUT2D eigenvalue weighted by molar-refractivity contribution is -0.124. The second kappa shape index (κ2) is 7.30. The average molecular weight is 374 g/mol. The third kappa shape index (κ3) is 3.44. The smallest absolute Gasteiger partial charge is 0.279 e. The van der Waals surface area contributed by atoms with Crippen molar-refractivity contribution in [2.24, 2.45) is 4.99 Å². The van der Waals surface area contributed by atoms with Gasteiger partial charge >= 0.3 is 0 Å². The van der Waals surface area contributed by atoms with E-state index in [1.807, 2.05) is 30.5 Å². The van der Waals surface area contributed by atoms with E-state index in [4.69, 9.17) is 9.47 Å². The van der Waals surface area contributed by atoms with Gasteiger partial charge in [0.25, 0.3) is 5.91 Å². The summed E-state index contributed by atoms with van der Waals surface area (Å²) >= 11 is 1.50. The molecule has 0 N–H and O–H groups in total. The largest absolute Gasteiger partial charge is 0.454 e. The quantitative estimate of drug-likeness (QED) is 0.748. The molecule has 0 aliphatic carbocycles. The Morgan fingerprint density at radius 3 is 2.73 bits per heavy atom. The van der Waals surface area contributed by atoms with Crippen LogP contribution in [0.3, 0.4) is 0 Å². The first-order valence-electron chi connectivity index (χ1n) is 8.61. The normalized spacial score (nSPS) is 22.4. The zero-order valence-electron chi connectivity index (χ0n) is 15.0. The minimum absolute atomic E-state index is 0.0501. The van der Waals surface area contributed by atoms with E-state index in [9.17, 15) is 4.79 Å². The van der Waals surface area contributed by atoms with E-state index >= 15 is 0 Å². The van der Waals surface area contributed by atoms with Gasteiger partial charge in [-0.15, -0.1) is 0 Å². The van der Waals surface area contributed by atoms with E-state index in [1.54, 1.807) is 4.90 Å². The highest BCUT2D eigenvalue weighted by Gasteiger charge is 2.31. The molecule has 3 aliphatic rings. The molecule has 1 fully saturated rings. The van der Waals surface area contributed by atoms with E-state index in [2.05, 4.69) is 21.8 Å². The number of aliphatic imine (C=N–C) groups is 1. The van der Waals surface area contributed by atoms with Gasteiger partial charge in [-0.25, -0.2) is 4.99 Å². The molecule has 0 bridgehead atoms. The van der Waals surface area contributed by atoms with Gasteiger partial charge in [-0.2, -0.15) is 0 Å². The van der Waals surface area contributed by atoms with Crippen LogP contribution >= 0.6 is 11.8 Å². The number of nitrogens with zero attached hydrogens (tertiary/aromatic N) is 4. The molecule has 0 aromatic heterocycles. The van der Waals surface area contributed by atoms with E-state index in [-0.39, 0.29) is 12.7 Å². The summed E-state index contributed by atoms with van der Waals surface area (Å²) in [4.78, 5) is 23.8. The number of hydrogen-bond donors (Lipinski definition) is 0. The number of ether oxygens (including phenoxy) is 2. The molecule has 0 radical (unpaired) electrons. The summed E-state index contributed by atoms with van der Waals surface area (Å²) in [7, 11) is 2.12. The van der Waals surface area contributed by atoms with Crippen molar-refractivity contribution in [3.63, 3.8) is 0 Å². The summed E-state index contributed by atoms with van der Waals surface area (Å²) in [6, 6.07) is 5.64. The van der Waals surface area contributed by atoms with Crippen LogP contribution in [0.15, 0.2) is 28.9 Å². The molecule has 1 aromatic carbocycles. The Morgan fingerprint density at radius 1 is 1.19 bits per heavy atom. The number of carbonyl (C=O) groups excluding carboxylic acids is 1. The Bertz CT molecular complexity index is 772. The topological polar surface area (TPSA) is 57.6 Å². The Kier molecular flexibility index (Phi) is 4.88. The van der Waals surface area contributed by atoms with Crippen molar-refractivity contribution in [2.75, 3.05) is 52.9 Å². The molecule has 138 valence electrons. The highest BCUT2D eigenvalue weighted by atomic mass is 32.2. The number of amidine groups is 1. The van der Waals surface area contributed by atoms with Gasteiger partial charge in [-0.1, -0.05) is 17.8 Å². The van der Waals surface area contributed by atoms with E-state index < -0.39 is 0 Å². The second-order valence-electron chi connectivity index (χ2n) is 6.54. The Balaban J connectivity index is 1.51. The van der Waals surface area contributed by atoms with Gasteiger partial charge in [-0.05, 0) is 37.1 Å². The van der Waals surface area contributed by atoms with Crippen LogP contribution in [-0.4, -0.2) is 78.7 Å². The number of thioether (sulfide) groups is 1. The summed E-state index contributed by atoms with van der Waals surface area (Å²) in [6.07, 6.45) is 3.76. The molecule has 0 unspecified atom stereocenters. The zero-order chi connectivity index (χ0) is 18.1. The molecular weight excluding hydrogens is 352 g/mol. The third-order valence-corrected chi connectivity index (χ3v) is 5.41. The van der Waals surface area contributed by atoms with Gasteiger partial charge < -0.3 is 14.4 Å². The molecule has 1 aromatic rings. The molecule has 8 heteroatoms. The van der Waals surface area contributed by atoms with Gasteiger partial charge in [0.1, 0.15) is 5.70 Å². The third-order valence-electron chi connectivity index (χ3n) is 4.73. The second-order valence-corrected chi connectivity index (χ2v) is 7.31. The first kappa shape index (κ1) is 17.4.